The second-order valence-electron chi connectivity index (χ2n) is 3.75. The first-order valence-electron chi connectivity index (χ1n) is 5.86. The number of methoxy groups -OCH3 is 1. The van der Waals surface area contributed by atoms with Crippen molar-refractivity contribution >= 4 is 29.3 Å². The summed E-state index contributed by atoms with van der Waals surface area (Å²) < 4.78 is 4.90. The molecule has 0 bridgehead atoms. The van der Waals surface area contributed by atoms with Crippen LogP contribution >= 0.6 is 23.4 Å². The molecule has 1 rings (SSSR count). The summed E-state index contributed by atoms with van der Waals surface area (Å²) in [5, 5.41) is 3.48. The quantitative estimate of drug-likeness (QED) is 0.619. The van der Waals surface area contributed by atoms with Gasteiger partial charge >= 0.3 is 0 Å². The van der Waals surface area contributed by atoms with E-state index in [2.05, 4.69) is 5.32 Å². The van der Waals surface area contributed by atoms with Crippen molar-refractivity contribution in [2.24, 2.45) is 0 Å². The van der Waals surface area contributed by atoms with Gasteiger partial charge in [-0.1, -0.05) is 18.5 Å². The van der Waals surface area contributed by atoms with Crippen molar-refractivity contribution in [1.29, 1.82) is 0 Å². The summed E-state index contributed by atoms with van der Waals surface area (Å²) in [6, 6.07) is 7.52. The van der Waals surface area contributed by atoms with Crippen LogP contribution in [0.1, 0.15) is 13.3 Å². The summed E-state index contributed by atoms with van der Waals surface area (Å²) in [6.45, 7) is 3.09. The van der Waals surface area contributed by atoms with Crippen LogP contribution in [0, 0.1) is 0 Å². The number of thioether (sulfide) groups is 1. The molecule has 3 nitrogen and oxygen atoms in total. The summed E-state index contributed by atoms with van der Waals surface area (Å²) in [4.78, 5) is 13.0. The van der Waals surface area contributed by atoms with Gasteiger partial charge in [-0.2, -0.15) is 0 Å². The Balaban J connectivity index is 2.50. The maximum Gasteiger partial charge on any atom is 0.233 e. The molecule has 0 aromatic heterocycles. The number of ether oxygens (including phenoxy) is 1. The fourth-order valence-electron chi connectivity index (χ4n) is 1.39. The molecule has 100 valence electrons. The normalized spacial score (nSPS) is 12.2. The van der Waals surface area contributed by atoms with Crippen molar-refractivity contribution in [1.82, 2.24) is 5.32 Å². The first-order valence-corrected chi connectivity index (χ1v) is 7.12. The number of hydrogen-bond acceptors (Lipinski definition) is 3. The van der Waals surface area contributed by atoms with Gasteiger partial charge in [0.15, 0.2) is 0 Å². The zero-order valence-corrected chi connectivity index (χ0v) is 12.2. The van der Waals surface area contributed by atoms with Crippen LogP contribution in [0.3, 0.4) is 0 Å². The molecule has 1 N–H and O–H groups in total. The van der Waals surface area contributed by atoms with Crippen molar-refractivity contribution < 1.29 is 9.53 Å². The molecule has 0 aliphatic heterocycles. The molecule has 1 amide bonds. The van der Waals surface area contributed by atoms with Crippen LogP contribution in [0.15, 0.2) is 29.2 Å². The highest BCUT2D eigenvalue weighted by molar-refractivity contribution is 8.00. The molecule has 0 unspecified atom stereocenters. The highest BCUT2D eigenvalue weighted by Crippen LogP contribution is 2.26. The lowest BCUT2D eigenvalue weighted by Gasteiger charge is -2.14. The Bertz CT molecular complexity index is 370. The summed E-state index contributed by atoms with van der Waals surface area (Å²) in [5.74, 6) is 0.0505. The van der Waals surface area contributed by atoms with Crippen LogP contribution in [0.4, 0.5) is 0 Å². The third-order valence-electron chi connectivity index (χ3n) is 2.36. The van der Waals surface area contributed by atoms with E-state index < -0.39 is 0 Å². The maximum atomic E-state index is 11.9. The number of carbonyl (C=O) groups excluding carboxylic acids is 1. The van der Waals surface area contributed by atoms with E-state index in [0.717, 1.165) is 11.3 Å². The lowest BCUT2D eigenvalue weighted by atomic mass is 10.3. The molecule has 0 aliphatic carbocycles. The van der Waals surface area contributed by atoms with Crippen molar-refractivity contribution in [3.63, 3.8) is 0 Å². The first kappa shape index (κ1) is 15.3. The lowest BCUT2D eigenvalue weighted by molar-refractivity contribution is -0.120. The average molecular weight is 288 g/mol. The Hall–Kier alpha value is -0.710. The van der Waals surface area contributed by atoms with Crippen LogP contribution in [-0.4, -0.2) is 31.4 Å². The van der Waals surface area contributed by atoms with E-state index in [9.17, 15) is 4.79 Å². The standard InChI is InChI=1S/C13H18ClNO2S/c1-3-12(13(16)15-8-9-17-2)18-11-6-4-10(14)5-7-11/h4-7,12H,3,8-9H2,1-2H3,(H,15,16)/t12-/m0/s1. The van der Waals surface area contributed by atoms with E-state index >= 15 is 0 Å². The second-order valence-corrected chi connectivity index (χ2v) is 5.47. The molecule has 0 radical (unpaired) electrons. The predicted octanol–water partition coefficient (Wildman–Crippen LogP) is 2.97. The van der Waals surface area contributed by atoms with Gasteiger partial charge in [-0.3, -0.25) is 4.79 Å². The van der Waals surface area contributed by atoms with Crippen molar-refractivity contribution in [2.75, 3.05) is 20.3 Å². The van der Waals surface area contributed by atoms with E-state index in [1.54, 1.807) is 18.9 Å². The predicted molar refractivity (Wildman–Crippen MR) is 76.3 cm³/mol. The highest BCUT2D eigenvalue weighted by Gasteiger charge is 2.17. The average Bonchev–Trinajstić information content (AvgIpc) is 2.38. The number of halogens is 1. The lowest BCUT2D eigenvalue weighted by Crippen LogP contribution is -2.34. The smallest absolute Gasteiger partial charge is 0.233 e. The highest BCUT2D eigenvalue weighted by atomic mass is 35.5. The Morgan fingerprint density at radius 1 is 1.44 bits per heavy atom. The second kappa shape index (κ2) is 8.40. The number of nitrogens with one attached hydrogen (secondary N) is 1. The number of rotatable bonds is 7. The molecular formula is C13H18ClNO2S. The van der Waals surface area contributed by atoms with Gasteiger partial charge in [0.2, 0.25) is 5.91 Å². The minimum absolute atomic E-state index is 0.0505. The largest absolute Gasteiger partial charge is 0.383 e. The summed E-state index contributed by atoms with van der Waals surface area (Å²) in [5.41, 5.74) is 0. The van der Waals surface area contributed by atoms with Gasteiger partial charge in [-0.15, -0.1) is 11.8 Å². The Morgan fingerprint density at radius 3 is 2.67 bits per heavy atom. The zero-order chi connectivity index (χ0) is 13.4. The van der Waals surface area contributed by atoms with E-state index in [1.165, 1.54) is 0 Å². The van der Waals surface area contributed by atoms with E-state index in [1.807, 2.05) is 31.2 Å². The van der Waals surface area contributed by atoms with Crippen LogP contribution in [0.2, 0.25) is 5.02 Å². The van der Waals surface area contributed by atoms with Crippen LogP contribution < -0.4 is 5.32 Å². The molecule has 0 saturated carbocycles. The van der Waals surface area contributed by atoms with Crippen molar-refractivity contribution in [3.8, 4) is 0 Å². The molecule has 0 saturated heterocycles. The third-order valence-corrected chi connectivity index (χ3v) is 3.99. The molecule has 1 atom stereocenters. The van der Waals surface area contributed by atoms with Gasteiger partial charge in [-0.05, 0) is 30.7 Å². The van der Waals surface area contributed by atoms with Gasteiger partial charge < -0.3 is 10.1 Å². The maximum absolute atomic E-state index is 11.9. The fraction of sp³-hybridized carbons (Fsp3) is 0.462. The number of benzene rings is 1. The number of hydrogen-bond donors (Lipinski definition) is 1. The van der Waals surface area contributed by atoms with E-state index in [-0.39, 0.29) is 11.2 Å². The molecule has 18 heavy (non-hydrogen) atoms. The third kappa shape index (κ3) is 5.29. The summed E-state index contributed by atoms with van der Waals surface area (Å²) in [6.07, 6.45) is 0.784. The minimum atomic E-state index is -0.0805. The molecule has 0 fully saturated rings. The van der Waals surface area contributed by atoms with Crippen LogP contribution in [0.25, 0.3) is 0 Å². The molecule has 5 heteroatoms. The first-order chi connectivity index (χ1) is 8.67. The summed E-state index contributed by atoms with van der Waals surface area (Å²) >= 11 is 7.38. The van der Waals surface area contributed by atoms with Crippen molar-refractivity contribution in [2.45, 2.75) is 23.5 Å². The SMILES string of the molecule is CC[C@H](Sc1ccc(Cl)cc1)C(=O)NCCOC. The monoisotopic (exact) mass is 287 g/mol. The number of amides is 1. The van der Waals surface area contributed by atoms with Gasteiger partial charge in [-0.25, -0.2) is 0 Å². The molecule has 1 aromatic rings. The fourth-order valence-corrected chi connectivity index (χ4v) is 2.49. The van der Waals surface area contributed by atoms with E-state index in [0.29, 0.717) is 18.2 Å². The van der Waals surface area contributed by atoms with Gasteiger partial charge in [0, 0.05) is 23.6 Å². The molecule has 1 aromatic carbocycles. The summed E-state index contributed by atoms with van der Waals surface area (Å²) in [7, 11) is 1.62. The van der Waals surface area contributed by atoms with Gasteiger partial charge in [0.05, 0.1) is 11.9 Å². The molecule has 0 heterocycles. The van der Waals surface area contributed by atoms with Crippen LogP contribution in [0.5, 0.6) is 0 Å². The Kier molecular flexibility index (Phi) is 7.16. The Morgan fingerprint density at radius 2 is 2.11 bits per heavy atom. The van der Waals surface area contributed by atoms with Crippen LogP contribution in [-0.2, 0) is 9.53 Å². The minimum Gasteiger partial charge on any atom is -0.383 e. The molecule has 0 aliphatic rings. The topological polar surface area (TPSA) is 38.3 Å². The van der Waals surface area contributed by atoms with Gasteiger partial charge in [0.1, 0.15) is 0 Å². The molecule has 0 spiro atoms. The number of carbonyl (C=O) groups is 1. The Labute approximate surface area is 117 Å². The zero-order valence-electron chi connectivity index (χ0n) is 10.6. The van der Waals surface area contributed by atoms with Crippen molar-refractivity contribution in [3.05, 3.63) is 29.3 Å². The molecular weight excluding hydrogens is 270 g/mol. The van der Waals surface area contributed by atoms with Gasteiger partial charge in [0.25, 0.3) is 0 Å². The van der Waals surface area contributed by atoms with E-state index in [4.69, 9.17) is 16.3 Å².